The van der Waals surface area contributed by atoms with Crippen LogP contribution in [-0.4, -0.2) is 37.8 Å². The van der Waals surface area contributed by atoms with Crippen molar-refractivity contribution < 1.29 is 4.74 Å². The topological polar surface area (TPSA) is 37.4 Å². The van der Waals surface area contributed by atoms with E-state index < -0.39 is 0 Å². The molecular weight excluding hydrogens is 226 g/mol. The summed E-state index contributed by atoms with van der Waals surface area (Å²) < 4.78 is 5.46. The van der Waals surface area contributed by atoms with Crippen LogP contribution in [0.15, 0.2) is 18.3 Å². The van der Waals surface area contributed by atoms with E-state index in [4.69, 9.17) is 4.74 Å². The molecule has 18 heavy (non-hydrogen) atoms. The summed E-state index contributed by atoms with van der Waals surface area (Å²) in [5.74, 6) is 1.07. The molecule has 1 saturated heterocycles. The van der Waals surface area contributed by atoms with Crippen molar-refractivity contribution in [1.29, 1.82) is 0 Å². The fraction of sp³-hybridized carbons (Fsp3) is 0.643. The Morgan fingerprint density at radius 3 is 3.06 bits per heavy atom. The lowest BCUT2D eigenvalue weighted by Crippen LogP contribution is -2.26. The summed E-state index contributed by atoms with van der Waals surface area (Å²) >= 11 is 0. The van der Waals surface area contributed by atoms with E-state index >= 15 is 0 Å². The van der Waals surface area contributed by atoms with Crippen molar-refractivity contribution in [3.63, 3.8) is 0 Å². The average Bonchev–Trinajstić information content (AvgIpc) is 2.69. The number of aromatic nitrogens is 1. The lowest BCUT2D eigenvalue weighted by atomic mass is 10.2. The fourth-order valence-electron chi connectivity index (χ4n) is 2.09. The van der Waals surface area contributed by atoms with E-state index in [2.05, 4.69) is 34.3 Å². The smallest absolute Gasteiger partial charge is 0.128 e. The van der Waals surface area contributed by atoms with Crippen molar-refractivity contribution in [2.24, 2.45) is 0 Å². The minimum Gasteiger partial charge on any atom is -0.380 e. The number of hydrogen-bond acceptors (Lipinski definition) is 4. The highest BCUT2D eigenvalue weighted by Crippen LogP contribution is 2.13. The monoisotopic (exact) mass is 249 g/mol. The summed E-state index contributed by atoms with van der Waals surface area (Å²) in [5, 5.41) is 3.39. The number of pyridine rings is 1. The Morgan fingerprint density at radius 1 is 1.33 bits per heavy atom. The Labute approximate surface area is 109 Å². The maximum absolute atomic E-state index is 5.46. The maximum atomic E-state index is 5.46. The van der Waals surface area contributed by atoms with E-state index in [0.717, 1.165) is 51.6 Å². The average molecular weight is 249 g/mol. The number of rotatable bonds is 5. The van der Waals surface area contributed by atoms with Crippen molar-refractivity contribution in [1.82, 2.24) is 10.3 Å². The van der Waals surface area contributed by atoms with Crippen molar-refractivity contribution in [2.75, 3.05) is 37.7 Å². The van der Waals surface area contributed by atoms with E-state index in [1.165, 1.54) is 12.0 Å². The van der Waals surface area contributed by atoms with Gasteiger partial charge in [0.25, 0.3) is 0 Å². The molecular formula is C14H23N3O. The zero-order valence-electron chi connectivity index (χ0n) is 11.2. The normalized spacial score (nSPS) is 16.6. The SMILES string of the molecule is CCCNCc1ccc(N2CCCOCC2)nc1. The summed E-state index contributed by atoms with van der Waals surface area (Å²) in [6, 6.07) is 4.28. The summed E-state index contributed by atoms with van der Waals surface area (Å²) in [6.07, 6.45) is 4.23. The highest BCUT2D eigenvalue weighted by atomic mass is 16.5. The Kier molecular flexibility index (Phi) is 5.42. The number of anilines is 1. The summed E-state index contributed by atoms with van der Waals surface area (Å²) in [7, 11) is 0. The Balaban J connectivity index is 1.89. The molecule has 0 spiro atoms. The van der Waals surface area contributed by atoms with Gasteiger partial charge in [0.1, 0.15) is 5.82 Å². The second-order valence-electron chi connectivity index (χ2n) is 4.65. The molecule has 0 amide bonds. The first kappa shape index (κ1) is 13.3. The molecule has 2 heterocycles. The molecule has 2 rings (SSSR count). The Bertz CT molecular complexity index is 331. The van der Waals surface area contributed by atoms with E-state index in [1.54, 1.807) is 0 Å². The molecule has 1 N–H and O–H groups in total. The molecule has 1 fully saturated rings. The molecule has 0 unspecified atom stereocenters. The van der Waals surface area contributed by atoms with E-state index in [0.29, 0.717) is 0 Å². The molecule has 0 aliphatic carbocycles. The van der Waals surface area contributed by atoms with Crippen LogP contribution in [0.4, 0.5) is 5.82 Å². The lowest BCUT2D eigenvalue weighted by Gasteiger charge is -2.20. The molecule has 1 aromatic rings. The second kappa shape index (κ2) is 7.34. The number of nitrogens with one attached hydrogen (secondary N) is 1. The van der Waals surface area contributed by atoms with Gasteiger partial charge < -0.3 is 15.0 Å². The van der Waals surface area contributed by atoms with Gasteiger partial charge in [-0.05, 0) is 31.0 Å². The minimum absolute atomic E-state index is 0.807. The number of nitrogens with zero attached hydrogens (tertiary/aromatic N) is 2. The van der Waals surface area contributed by atoms with Gasteiger partial charge in [0.2, 0.25) is 0 Å². The quantitative estimate of drug-likeness (QED) is 0.808. The summed E-state index contributed by atoms with van der Waals surface area (Å²) in [6.45, 7) is 7.81. The number of hydrogen-bond donors (Lipinski definition) is 1. The molecule has 0 saturated carbocycles. The largest absolute Gasteiger partial charge is 0.380 e. The fourth-order valence-corrected chi connectivity index (χ4v) is 2.09. The molecule has 0 bridgehead atoms. The van der Waals surface area contributed by atoms with Gasteiger partial charge in [-0.25, -0.2) is 4.98 Å². The van der Waals surface area contributed by atoms with Gasteiger partial charge in [0, 0.05) is 32.4 Å². The van der Waals surface area contributed by atoms with Crippen molar-refractivity contribution >= 4 is 5.82 Å². The van der Waals surface area contributed by atoms with Gasteiger partial charge >= 0.3 is 0 Å². The lowest BCUT2D eigenvalue weighted by molar-refractivity contribution is 0.152. The molecule has 0 aromatic carbocycles. The van der Waals surface area contributed by atoms with Crippen LogP contribution in [0.3, 0.4) is 0 Å². The Hall–Kier alpha value is -1.13. The first-order chi connectivity index (χ1) is 8.90. The minimum atomic E-state index is 0.807. The molecule has 1 aliphatic heterocycles. The highest BCUT2D eigenvalue weighted by molar-refractivity contribution is 5.39. The van der Waals surface area contributed by atoms with Crippen LogP contribution in [0.25, 0.3) is 0 Å². The van der Waals surface area contributed by atoms with Crippen LogP contribution in [0, 0.1) is 0 Å². The van der Waals surface area contributed by atoms with Gasteiger partial charge in [-0.3, -0.25) is 0 Å². The summed E-state index contributed by atoms with van der Waals surface area (Å²) in [5.41, 5.74) is 1.25. The van der Waals surface area contributed by atoms with Crippen LogP contribution < -0.4 is 10.2 Å². The third kappa shape index (κ3) is 3.96. The molecule has 4 nitrogen and oxygen atoms in total. The van der Waals surface area contributed by atoms with Gasteiger partial charge in [-0.15, -0.1) is 0 Å². The zero-order valence-corrected chi connectivity index (χ0v) is 11.2. The van der Waals surface area contributed by atoms with Crippen LogP contribution >= 0.6 is 0 Å². The van der Waals surface area contributed by atoms with Crippen molar-refractivity contribution in [3.05, 3.63) is 23.9 Å². The van der Waals surface area contributed by atoms with Crippen LogP contribution in [-0.2, 0) is 11.3 Å². The van der Waals surface area contributed by atoms with Crippen molar-refractivity contribution in [2.45, 2.75) is 26.3 Å². The first-order valence-electron chi connectivity index (χ1n) is 6.88. The van der Waals surface area contributed by atoms with E-state index in [9.17, 15) is 0 Å². The van der Waals surface area contributed by atoms with Gasteiger partial charge in [0.05, 0.1) is 6.61 Å². The third-order valence-electron chi connectivity index (χ3n) is 3.11. The predicted molar refractivity (Wildman–Crippen MR) is 73.9 cm³/mol. The van der Waals surface area contributed by atoms with E-state index in [-0.39, 0.29) is 0 Å². The van der Waals surface area contributed by atoms with Crippen LogP contribution in [0.5, 0.6) is 0 Å². The zero-order chi connectivity index (χ0) is 12.6. The molecule has 1 aliphatic rings. The van der Waals surface area contributed by atoms with Crippen LogP contribution in [0.2, 0.25) is 0 Å². The number of ether oxygens (including phenoxy) is 1. The van der Waals surface area contributed by atoms with Crippen LogP contribution in [0.1, 0.15) is 25.3 Å². The maximum Gasteiger partial charge on any atom is 0.128 e. The predicted octanol–water partition coefficient (Wildman–Crippen LogP) is 1.81. The third-order valence-corrected chi connectivity index (χ3v) is 3.11. The molecule has 0 atom stereocenters. The van der Waals surface area contributed by atoms with Gasteiger partial charge in [-0.1, -0.05) is 13.0 Å². The van der Waals surface area contributed by atoms with Gasteiger partial charge in [0.15, 0.2) is 0 Å². The highest BCUT2D eigenvalue weighted by Gasteiger charge is 2.10. The van der Waals surface area contributed by atoms with Crippen molar-refractivity contribution in [3.8, 4) is 0 Å². The first-order valence-corrected chi connectivity index (χ1v) is 6.88. The molecule has 100 valence electrons. The Morgan fingerprint density at radius 2 is 2.28 bits per heavy atom. The molecule has 1 aromatic heterocycles. The summed E-state index contributed by atoms with van der Waals surface area (Å²) in [4.78, 5) is 6.85. The van der Waals surface area contributed by atoms with Gasteiger partial charge in [-0.2, -0.15) is 0 Å². The molecule has 0 radical (unpaired) electrons. The molecule has 4 heteroatoms. The standard InChI is InChI=1S/C14H23N3O/c1-2-6-15-11-13-4-5-14(16-12-13)17-7-3-9-18-10-8-17/h4-5,12,15H,2-3,6-11H2,1H3. The van der Waals surface area contributed by atoms with E-state index in [1.807, 2.05) is 6.20 Å². The second-order valence-corrected chi connectivity index (χ2v) is 4.65.